The van der Waals surface area contributed by atoms with E-state index in [4.69, 9.17) is 5.73 Å². The Labute approximate surface area is 83.5 Å². The molecule has 0 aromatic heterocycles. The molecule has 0 aliphatic carbocycles. The summed E-state index contributed by atoms with van der Waals surface area (Å²) in [6.45, 7) is 12.1. The summed E-state index contributed by atoms with van der Waals surface area (Å²) in [6, 6.07) is 0. The lowest BCUT2D eigenvalue weighted by Crippen LogP contribution is -2.51. The highest BCUT2D eigenvalue weighted by molar-refractivity contribution is 4.85. The number of nitrogens with zero attached hydrogens (tertiary/aromatic N) is 1. The van der Waals surface area contributed by atoms with Gasteiger partial charge in [-0.25, -0.2) is 0 Å². The van der Waals surface area contributed by atoms with Gasteiger partial charge in [0, 0.05) is 12.1 Å². The molecule has 2 nitrogen and oxygen atoms in total. The largest absolute Gasteiger partial charge is 0.329 e. The third kappa shape index (κ3) is 3.65. The number of hydrogen-bond donors (Lipinski definition) is 1. The second-order valence-electron chi connectivity index (χ2n) is 4.04. The molecule has 0 aliphatic rings. The molecule has 0 rings (SSSR count). The lowest BCUT2D eigenvalue weighted by molar-refractivity contribution is 0.106. The molecule has 0 aromatic carbocycles. The second-order valence-corrected chi connectivity index (χ2v) is 4.04. The fraction of sp³-hybridized carbons (Fsp3) is 1.00. The number of nitrogens with two attached hydrogens (primary N) is 1. The Morgan fingerprint density at radius 3 is 1.77 bits per heavy atom. The van der Waals surface area contributed by atoms with E-state index in [1.807, 2.05) is 0 Å². The quantitative estimate of drug-likeness (QED) is 0.660. The smallest absolute Gasteiger partial charge is 0.0300 e. The van der Waals surface area contributed by atoms with Crippen LogP contribution in [0.2, 0.25) is 0 Å². The molecule has 0 fully saturated rings. The van der Waals surface area contributed by atoms with Crippen molar-refractivity contribution in [1.29, 1.82) is 0 Å². The van der Waals surface area contributed by atoms with Crippen molar-refractivity contribution < 1.29 is 0 Å². The normalized spacial score (nSPS) is 16.2. The Bertz CT molecular complexity index is 113. The zero-order chi connectivity index (χ0) is 10.3. The molecule has 0 radical (unpaired) electrons. The highest BCUT2D eigenvalue weighted by atomic mass is 15.2. The van der Waals surface area contributed by atoms with Gasteiger partial charge < -0.3 is 5.73 Å². The minimum absolute atomic E-state index is 0.214. The van der Waals surface area contributed by atoms with E-state index >= 15 is 0 Å². The van der Waals surface area contributed by atoms with Crippen molar-refractivity contribution in [3.8, 4) is 0 Å². The summed E-state index contributed by atoms with van der Waals surface area (Å²) in [4.78, 5) is 2.53. The van der Waals surface area contributed by atoms with Crippen LogP contribution < -0.4 is 5.73 Å². The maximum Gasteiger partial charge on any atom is 0.0300 e. The van der Waals surface area contributed by atoms with Crippen LogP contribution in [0.5, 0.6) is 0 Å². The van der Waals surface area contributed by atoms with Crippen LogP contribution in [-0.2, 0) is 0 Å². The first-order valence-corrected chi connectivity index (χ1v) is 5.59. The summed E-state index contributed by atoms with van der Waals surface area (Å²) >= 11 is 0. The highest BCUT2D eigenvalue weighted by Crippen LogP contribution is 2.18. The molecule has 0 spiro atoms. The van der Waals surface area contributed by atoms with Crippen molar-refractivity contribution in [2.24, 2.45) is 5.73 Å². The van der Waals surface area contributed by atoms with Gasteiger partial charge in [0.05, 0.1) is 0 Å². The maximum absolute atomic E-state index is 5.84. The van der Waals surface area contributed by atoms with Crippen LogP contribution in [0.4, 0.5) is 0 Å². The Balaban J connectivity index is 4.28. The average Bonchev–Trinajstić information content (AvgIpc) is 2.16. The second kappa shape index (κ2) is 6.39. The first kappa shape index (κ1) is 12.9. The molecular weight excluding hydrogens is 160 g/mol. The van der Waals surface area contributed by atoms with Crippen molar-refractivity contribution in [2.75, 3.05) is 19.6 Å². The fourth-order valence-electron chi connectivity index (χ4n) is 1.69. The van der Waals surface area contributed by atoms with E-state index in [1.54, 1.807) is 0 Å². The van der Waals surface area contributed by atoms with Gasteiger partial charge in [-0.1, -0.05) is 20.8 Å². The summed E-state index contributed by atoms with van der Waals surface area (Å²) in [5, 5.41) is 0. The predicted molar refractivity (Wildman–Crippen MR) is 59.9 cm³/mol. The van der Waals surface area contributed by atoms with Crippen molar-refractivity contribution in [2.45, 2.75) is 52.5 Å². The number of hydrogen-bond acceptors (Lipinski definition) is 2. The van der Waals surface area contributed by atoms with Crippen LogP contribution in [0, 0.1) is 0 Å². The fourth-order valence-corrected chi connectivity index (χ4v) is 1.69. The molecule has 1 atom stereocenters. The third-order valence-corrected chi connectivity index (χ3v) is 2.95. The van der Waals surface area contributed by atoms with Crippen molar-refractivity contribution in [3.05, 3.63) is 0 Å². The number of rotatable bonds is 7. The average molecular weight is 186 g/mol. The topological polar surface area (TPSA) is 29.3 Å². The van der Waals surface area contributed by atoms with Gasteiger partial charge in [-0.05, 0) is 39.3 Å². The molecular formula is C11H26N2. The minimum Gasteiger partial charge on any atom is -0.329 e. The molecule has 13 heavy (non-hydrogen) atoms. The highest BCUT2D eigenvalue weighted by Gasteiger charge is 2.26. The summed E-state index contributed by atoms with van der Waals surface area (Å²) in [7, 11) is 0. The zero-order valence-corrected chi connectivity index (χ0v) is 9.77. The summed E-state index contributed by atoms with van der Waals surface area (Å²) in [6.07, 6.45) is 3.58. The lowest BCUT2D eigenvalue weighted by Gasteiger charge is -2.40. The standard InChI is InChI=1S/C11H26N2/c1-5-8-13(9-6-2)11(4,7-3)10-12/h5-10,12H2,1-4H3. The van der Waals surface area contributed by atoms with E-state index in [2.05, 4.69) is 32.6 Å². The van der Waals surface area contributed by atoms with Crippen molar-refractivity contribution in [1.82, 2.24) is 4.90 Å². The monoisotopic (exact) mass is 186 g/mol. The predicted octanol–water partition coefficient (Wildman–Crippen LogP) is 2.24. The van der Waals surface area contributed by atoms with E-state index in [-0.39, 0.29) is 5.54 Å². The molecule has 2 heteroatoms. The third-order valence-electron chi connectivity index (χ3n) is 2.95. The van der Waals surface area contributed by atoms with E-state index < -0.39 is 0 Å². The molecule has 2 N–H and O–H groups in total. The van der Waals surface area contributed by atoms with Gasteiger partial charge in [0.1, 0.15) is 0 Å². The molecule has 80 valence electrons. The Hall–Kier alpha value is -0.0800. The Kier molecular flexibility index (Phi) is 6.35. The van der Waals surface area contributed by atoms with Crippen LogP contribution >= 0.6 is 0 Å². The van der Waals surface area contributed by atoms with E-state index in [9.17, 15) is 0 Å². The molecule has 0 bridgehead atoms. The van der Waals surface area contributed by atoms with Gasteiger partial charge in [0.15, 0.2) is 0 Å². The van der Waals surface area contributed by atoms with E-state index in [0.29, 0.717) is 0 Å². The zero-order valence-electron chi connectivity index (χ0n) is 9.77. The van der Waals surface area contributed by atoms with Gasteiger partial charge in [0.25, 0.3) is 0 Å². The SMILES string of the molecule is CCCN(CCC)C(C)(CC)CN. The van der Waals surface area contributed by atoms with Crippen LogP contribution in [0.3, 0.4) is 0 Å². The molecule has 0 amide bonds. The van der Waals surface area contributed by atoms with Crippen molar-refractivity contribution >= 4 is 0 Å². The Morgan fingerprint density at radius 2 is 1.54 bits per heavy atom. The van der Waals surface area contributed by atoms with E-state index in [1.165, 1.54) is 25.9 Å². The molecule has 0 aromatic rings. The van der Waals surface area contributed by atoms with E-state index in [0.717, 1.165) is 13.0 Å². The van der Waals surface area contributed by atoms with Crippen molar-refractivity contribution in [3.63, 3.8) is 0 Å². The summed E-state index contributed by atoms with van der Waals surface area (Å²) < 4.78 is 0. The van der Waals surface area contributed by atoms with Gasteiger partial charge in [-0.3, -0.25) is 4.90 Å². The molecule has 0 heterocycles. The van der Waals surface area contributed by atoms with Gasteiger partial charge in [0.2, 0.25) is 0 Å². The summed E-state index contributed by atoms with van der Waals surface area (Å²) in [5.41, 5.74) is 6.05. The Morgan fingerprint density at radius 1 is 1.08 bits per heavy atom. The lowest BCUT2D eigenvalue weighted by atomic mass is 9.96. The molecule has 1 unspecified atom stereocenters. The first-order chi connectivity index (χ1) is 6.14. The molecule has 0 aliphatic heterocycles. The van der Waals surface area contributed by atoms with Gasteiger partial charge in [-0.15, -0.1) is 0 Å². The van der Waals surface area contributed by atoms with Crippen LogP contribution in [-0.4, -0.2) is 30.1 Å². The van der Waals surface area contributed by atoms with Crippen LogP contribution in [0.15, 0.2) is 0 Å². The van der Waals surface area contributed by atoms with Gasteiger partial charge in [-0.2, -0.15) is 0 Å². The maximum atomic E-state index is 5.84. The van der Waals surface area contributed by atoms with Crippen LogP contribution in [0.25, 0.3) is 0 Å². The summed E-state index contributed by atoms with van der Waals surface area (Å²) in [5.74, 6) is 0. The first-order valence-electron chi connectivity index (χ1n) is 5.59. The molecule has 0 saturated heterocycles. The minimum atomic E-state index is 0.214. The van der Waals surface area contributed by atoms with Crippen LogP contribution in [0.1, 0.15) is 47.0 Å². The molecule has 0 saturated carbocycles. The van der Waals surface area contributed by atoms with Gasteiger partial charge >= 0.3 is 0 Å².